The quantitative estimate of drug-likeness (QED) is 0.826. The predicted molar refractivity (Wildman–Crippen MR) is 101 cm³/mol. The van der Waals surface area contributed by atoms with Crippen LogP contribution < -0.4 is 10.2 Å². The highest BCUT2D eigenvalue weighted by Crippen LogP contribution is 2.29. The molecule has 5 heteroatoms. The molecule has 0 radical (unpaired) electrons. The third-order valence-corrected chi connectivity index (χ3v) is 5.63. The van der Waals surface area contributed by atoms with Crippen molar-refractivity contribution in [1.29, 1.82) is 0 Å². The van der Waals surface area contributed by atoms with Crippen molar-refractivity contribution in [1.82, 2.24) is 10.2 Å². The van der Waals surface area contributed by atoms with E-state index in [-0.39, 0.29) is 24.1 Å². The lowest BCUT2D eigenvalue weighted by Gasteiger charge is -2.43. The van der Waals surface area contributed by atoms with Gasteiger partial charge in [-0.25, -0.2) is 0 Å². The Balaban J connectivity index is 1.59. The number of amides is 1. The van der Waals surface area contributed by atoms with Gasteiger partial charge in [0.25, 0.3) is 0 Å². The molecule has 138 valence electrons. The van der Waals surface area contributed by atoms with E-state index in [0.29, 0.717) is 5.92 Å². The molecular weight excluding hydrogens is 314 g/mol. The van der Waals surface area contributed by atoms with Gasteiger partial charge >= 0.3 is 0 Å². The summed E-state index contributed by atoms with van der Waals surface area (Å²) in [5.41, 5.74) is 0.817. The normalized spacial score (nSPS) is 24.2. The summed E-state index contributed by atoms with van der Waals surface area (Å²) in [5, 5.41) is 13.5. The molecule has 0 spiro atoms. The second-order valence-corrected chi connectivity index (χ2v) is 7.88. The number of aliphatic hydroxyl groups is 1. The number of likely N-dealkylation sites (tertiary alicyclic amines) is 1. The van der Waals surface area contributed by atoms with E-state index in [2.05, 4.69) is 24.1 Å². The molecule has 0 aliphatic carbocycles. The van der Waals surface area contributed by atoms with Gasteiger partial charge < -0.3 is 15.3 Å². The maximum absolute atomic E-state index is 12.9. The summed E-state index contributed by atoms with van der Waals surface area (Å²) in [7, 11) is 0. The Kier molecular flexibility index (Phi) is 5.77. The van der Waals surface area contributed by atoms with Gasteiger partial charge in [-0.1, -0.05) is 32.0 Å². The first-order chi connectivity index (χ1) is 12.0. The molecule has 0 aromatic heterocycles. The summed E-state index contributed by atoms with van der Waals surface area (Å²) in [6, 6.07) is 9.93. The molecular formula is C20H31N3O2. The molecule has 1 aromatic carbocycles. The number of carbonyl (C=O) groups is 1. The number of benzene rings is 1. The van der Waals surface area contributed by atoms with Crippen LogP contribution in [0.3, 0.4) is 0 Å². The summed E-state index contributed by atoms with van der Waals surface area (Å²) in [6.45, 7) is 7.98. The number of hydrogen-bond acceptors (Lipinski definition) is 4. The second-order valence-electron chi connectivity index (χ2n) is 7.88. The van der Waals surface area contributed by atoms with E-state index in [9.17, 15) is 9.90 Å². The number of hydrogen-bond donors (Lipinski definition) is 2. The molecule has 0 bridgehead atoms. The molecule has 2 aliphatic heterocycles. The fourth-order valence-electron chi connectivity index (χ4n) is 3.94. The third-order valence-electron chi connectivity index (χ3n) is 5.63. The van der Waals surface area contributed by atoms with Gasteiger partial charge in [0.1, 0.15) is 0 Å². The minimum atomic E-state index is -0.179. The topological polar surface area (TPSA) is 55.8 Å². The Morgan fingerprint density at radius 1 is 1.20 bits per heavy atom. The maximum atomic E-state index is 12.9. The van der Waals surface area contributed by atoms with Crippen molar-refractivity contribution in [3.63, 3.8) is 0 Å². The van der Waals surface area contributed by atoms with Gasteiger partial charge in [0.05, 0.1) is 12.6 Å². The van der Waals surface area contributed by atoms with Gasteiger partial charge in [-0.3, -0.25) is 9.69 Å². The van der Waals surface area contributed by atoms with Crippen LogP contribution in [0.2, 0.25) is 0 Å². The van der Waals surface area contributed by atoms with Crippen LogP contribution in [0.1, 0.15) is 33.1 Å². The zero-order chi connectivity index (χ0) is 17.9. The average molecular weight is 345 g/mol. The largest absolute Gasteiger partial charge is 0.394 e. The standard InChI is InChI=1S/C20H31N3O2/c1-16(2)14-21-20(15-24)9-12-22(13-10-20)18-8-11-23(19(18)25)17-6-4-3-5-7-17/h3-7,16,18,21,24H,8-15H2,1-2H3/t18-/m1/s1. The number of anilines is 1. The van der Waals surface area contributed by atoms with Crippen molar-refractivity contribution in [2.24, 2.45) is 5.92 Å². The smallest absolute Gasteiger partial charge is 0.244 e. The first-order valence-corrected chi connectivity index (χ1v) is 9.51. The van der Waals surface area contributed by atoms with Crippen LogP contribution >= 0.6 is 0 Å². The van der Waals surface area contributed by atoms with Gasteiger partial charge in [0.15, 0.2) is 0 Å². The van der Waals surface area contributed by atoms with E-state index >= 15 is 0 Å². The van der Waals surface area contributed by atoms with Crippen molar-refractivity contribution < 1.29 is 9.90 Å². The Morgan fingerprint density at radius 2 is 1.88 bits per heavy atom. The van der Waals surface area contributed by atoms with Crippen molar-refractivity contribution in [2.75, 3.05) is 37.7 Å². The number of nitrogens with zero attached hydrogens (tertiary/aromatic N) is 2. The Morgan fingerprint density at radius 3 is 2.48 bits per heavy atom. The van der Waals surface area contributed by atoms with Gasteiger partial charge in [-0.05, 0) is 43.9 Å². The Hall–Kier alpha value is -1.43. The summed E-state index contributed by atoms with van der Waals surface area (Å²) < 4.78 is 0. The molecule has 0 unspecified atom stereocenters. The second kappa shape index (κ2) is 7.85. The zero-order valence-electron chi connectivity index (χ0n) is 15.4. The van der Waals surface area contributed by atoms with Crippen LogP contribution in [0.25, 0.3) is 0 Å². The monoisotopic (exact) mass is 345 g/mol. The fourth-order valence-corrected chi connectivity index (χ4v) is 3.94. The van der Waals surface area contributed by atoms with E-state index in [1.807, 2.05) is 35.2 Å². The van der Waals surface area contributed by atoms with Crippen molar-refractivity contribution >= 4 is 11.6 Å². The fraction of sp³-hybridized carbons (Fsp3) is 0.650. The molecule has 1 aromatic rings. The summed E-state index contributed by atoms with van der Waals surface area (Å²) >= 11 is 0. The van der Waals surface area contributed by atoms with E-state index in [4.69, 9.17) is 0 Å². The first kappa shape index (κ1) is 18.4. The maximum Gasteiger partial charge on any atom is 0.244 e. The number of para-hydroxylation sites is 1. The van der Waals surface area contributed by atoms with Gasteiger partial charge in [-0.15, -0.1) is 0 Å². The van der Waals surface area contributed by atoms with E-state index < -0.39 is 0 Å². The number of aliphatic hydroxyl groups excluding tert-OH is 1. The minimum absolute atomic E-state index is 0.0120. The lowest BCUT2D eigenvalue weighted by Crippen LogP contribution is -2.58. The van der Waals surface area contributed by atoms with Crippen LogP contribution in [0.5, 0.6) is 0 Å². The van der Waals surface area contributed by atoms with Gasteiger partial charge in [0.2, 0.25) is 5.91 Å². The lowest BCUT2D eigenvalue weighted by atomic mass is 9.87. The van der Waals surface area contributed by atoms with Crippen molar-refractivity contribution in [2.45, 2.75) is 44.7 Å². The number of rotatable bonds is 6. The molecule has 2 aliphatic rings. The predicted octanol–water partition coefficient (Wildman–Crippen LogP) is 1.86. The lowest BCUT2D eigenvalue weighted by molar-refractivity contribution is -0.122. The number of piperidine rings is 1. The molecule has 3 rings (SSSR count). The summed E-state index contributed by atoms with van der Waals surface area (Å²) in [6.07, 6.45) is 2.68. The highest BCUT2D eigenvalue weighted by molar-refractivity contribution is 5.99. The number of carbonyl (C=O) groups excluding carboxylic acids is 1. The molecule has 2 heterocycles. The summed E-state index contributed by atoms with van der Waals surface area (Å²) in [4.78, 5) is 17.1. The third kappa shape index (κ3) is 4.05. The van der Waals surface area contributed by atoms with E-state index in [1.54, 1.807) is 0 Å². The molecule has 0 saturated carbocycles. The summed E-state index contributed by atoms with van der Waals surface area (Å²) in [5.74, 6) is 0.787. The Labute approximate surface area is 151 Å². The van der Waals surface area contributed by atoms with Crippen LogP contribution in [0, 0.1) is 5.92 Å². The van der Waals surface area contributed by atoms with Crippen LogP contribution in [0.4, 0.5) is 5.69 Å². The average Bonchev–Trinajstić information content (AvgIpc) is 3.02. The van der Waals surface area contributed by atoms with Crippen LogP contribution in [-0.2, 0) is 4.79 Å². The first-order valence-electron chi connectivity index (χ1n) is 9.51. The molecule has 25 heavy (non-hydrogen) atoms. The van der Waals surface area contributed by atoms with Crippen LogP contribution in [-0.4, -0.2) is 60.3 Å². The van der Waals surface area contributed by atoms with Gasteiger partial charge in [0, 0.05) is 30.9 Å². The molecule has 2 fully saturated rings. The molecule has 1 atom stereocenters. The van der Waals surface area contributed by atoms with Gasteiger partial charge in [-0.2, -0.15) is 0 Å². The highest BCUT2D eigenvalue weighted by Gasteiger charge is 2.41. The number of nitrogens with one attached hydrogen (secondary N) is 1. The van der Waals surface area contributed by atoms with Crippen molar-refractivity contribution in [3.8, 4) is 0 Å². The molecule has 1 amide bonds. The highest BCUT2D eigenvalue weighted by atomic mass is 16.3. The van der Waals surface area contributed by atoms with Crippen LogP contribution in [0.15, 0.2) is 30.3 Å². The van der Waals surface area contributed by atoms with E-state index in [1.165, 1.54) is 0 Å². The Bertz CT molecular complexity index is 568. The zero-order valence-corrected chi connectivity index (χ0v) is 15.4. The molecule has 2 N–H and O–H groups in total. The molecule has 5 nitrogen and oxygen atoms in total. The minimum Gasteiger partial charge on any atom is -0.394 e. The van der Waals surface area contributed by atoms with E-state index in [0.717, 1.165) is 51.1 Å². The van der Waals surface area contributed by atoms with Crippen molar-refractivity contribution in [3.05, 3.63) is 30.3 Å². The molecule has 2 saturated heterocycles. The SMILES string of the molecule is CC(C)CNC1(CO)CCN([C@@H]2CCN(c3ccccc3)C2=O)CC1.